The van der Waals surface area contributed by atoms with Crippen LogP contribution in [0.2, 0.25) is 0 Å². The molecular weight excluding hydrogens is 820 g/mol. The smallest absolute Gasteiger partial charge is 0.306 e. The zero-order valence-corrected chi connectivity index (χ0v) is 43.4. The predicted octanol–water partition coefficient (Wildman–Crippen LogP) is 14.7. The fourth-order valence-electron chi connectivity index (χ4n) is 7.46. The summed E-state index contributed by atoms with van der Waals surface area (Å²) in [5.41, 5.74) is 0. The van der Waals surface area contributed by atoms with Gasteiger partial charge in [-0.1, -0.05) is 217 Å². The van der Waals surface area contributed by atoms with Crippen molar-refractivity contribution in [1.29, 1.82) is 0 Å². The monoisotopic (exact) mass is 921 g/mol. The van der Waals surface area contributed by atoms with Crippen LogP contribution in [0.4, 0.5) is 0 Å². The van der Waals surface area contributed by atoms with Gasteiger partial charge < -0.3 is 28.5 Å². The van der Waals surface area contributed by atoms with Gasteiger partial charge in [0.05, 0.1) is 33.8 Å². The fourth-order valence-corrected chi connectivity index (χ4v) is 8.19. The molecule has 0 aromatic carbocycles. The minimum atomic E-state index is -4.69. The van der Waals surface area contributed by atoms with Gasteiger partial charge in [-0.2, -0.15) is 0 Å². The van der Waals surface area contributed by atoms with E-state index >= 15 is 0 Å². The number of phosphoric ester groups is 1. The lowest BCUT2D eigenvalue weighted by Gasteiger charge is -2.30. The number of rotatable bonds is 47. The summed E-state index contributed by atoms with van der Waals surface area (Å²) in [5, 5.41) is 3.00. The van der Waals surface area contributed by atoms with E-state index < -0.39 is 26.6 Å². The zero-order valence-electron chi connectivity index (χ0n) is 42.5. The Labute approximate surface area is 395 Å². The van der Waals surface area contributed by atoms with Gasteiger partial charge in [0.15, 0.2) is 0 Å². The molecule has 3 atom stereocenters. The van der Waals surface area contributed by atoms with E-state index in [4.69, 9.17) is 13.8 Å². The number of carbonyl (C=O) groups excluding carboxylic acids is 2. The van der Waals surface area contributed by atoms with E-state index in [-0.39, 0.29) is 24.9 Å². The number of allylic oxidation sites excluding steroid dienone is 7. The number of unbranched alkanes of at least 4 members (excludes halogenated alkanes) is 27. The maximum Gasteiger partial charge on any atom is 0.306 e. The highest BCUT2D eigenvalue weighted by molar-refractivity contribution is 7.45. The lowest BCUT2D eigenvalue weighted by atomic mass is 10.0. The van der Waals surface area contributed by atoms with Gasteiger partial charge in [-0.15, -0.1) is 0 Å². The van der Waals surface area contributed by atoms with Crippen molar-refractivity contribution in [2.75, 3.05) is 40.9 Å². The summed E-state index contributed by atoms with van der Waals surface area (Å²) >= 11 is 0. The highest BCUT2D eigenvalue weighted by Crippen LogP contribution is 2.38. The molecule has 0 saturated carbocycles. The molecule has 0 radical (unpaired) electrons. The lowest BCUT2D eigenvalue weighted by molar-refractivity contribution is -0.870. The van der Waals surface area contributed by atoms with Crippen molar-refractivity contribution in [2.24, 2.45) is 0 Å². The molecule has 1 N–H and O–H groups in total. The summed E-state index contributed by atoms with van der Waals surface area (Å²) in [6, 6.07) is -0.889. The third-order valence-corrected chi connectivity index (χ3v) is 12.5. The van der Waals surface area contributed by atoms with E-state index in [1.807, 2.05) is 33.3 Å². The van der Waals surface area contributed by atoms with Crippen LogP contribution in [-0.2, 0) is 27.9 Å². The minimum absolute atomic E-state index is 0.0245. The van der Waals surface area contributed by atoms with Crippen molar-refractivity contribution < 1.29 is 37.3 Å². The van der Waals surface area contributed by atoms with Gasteiger partial charge in [-0.3, -0.25) is 14.2 Å². The van der Waals surface area contributed by atoms with Crippen molar-refractivity contribution in [3.63, 3.8) is 0 Å². The van der Waals surface area contributed by atoms with E-state index in [2.05, 4.69) is 62.5 Å². The second kappa shape index (κ2) is 44.8. The van der Waals surface area contributed by atoms with Crippen molar-refractivity contribution in [2.45, 2.75) is 245 Å². The van der Waals surface area contributed by atoms with Crippen LogP contribution in [0, 0.1) is 0 Å². The molecule has 0 aliphatic rings. The van der Waals surface area contributed by atoms with E-state index in [1.54, 1.807) is 0 Å². The number of hydrogen-bond donors (Lipinski definition) is 1. The van der Waals surface area contributed by atoms with E-state index in [9.17, 15) is 19.0 Å². The average molecular weight is 921 g/mol. The lowest BCUT2D eigenvalue weighted by Crippen LogP contribution is -2.47. The molecule has 0 saturated heterocycles. The van der Waals surface area contributed by atoms with Crippen LogP contribution in [0.3, 0.4) is 0 Å². The number of phosphoric acid groups is 1. The summed E-state index contributed by atoms with van der Waals surface area (Å²) in [6.45, 7) is 6.68. The molecule has 0 aromatic rings. The Morgan fingerprint density at radius 3 is 1.48 bits per heavy atom. The van der Waals surface area contributed by atoms with E-state index in [0.29, 0.717) is 17.4 Å². The molecule has 64 heavy (non-hydrogen) atoms. The number of likely N-dealkylation sites (N-methyl/N-ethyl adjacent to an activating group) is 1. The Morgan fingerprint density at radius 1 is 0.562 bits per heavy atom. The Balaban J connectivity index is 5.42. The molecule has 374 valence electrons. The number of esters is 1. The molecule has 0 aromatic heterocycles. The summed E-state index contributed by atoms with van der Waals surface area (Å²) in [4.78, 5) is 39.7. The number of nitrogens with one attached hydrogen (secondary N) is 1. The average Bonchev–Trinajstić information content (AvgIpc) is 3.25. The quantitative estimate of drug-likeness (QED) is 0.0161. The zero-order chi connectivity index (χ0) is 47.3. The van der Waals surface area contributed by atoms with Crippen LogP contribution in [0.5, 0.6) is 0 Å². The number of hydrogen-bond acceptors (Lipinski definition) is 7. The summed E-state index contributed by atoms with van der Waals surface area (Å²) in [5.74, 6) is -0.554. The molecule has 0 aliphatic heterocycles. The normalized spacial score (nSPS) is 14.3. The molecule has 0 spiro atoms. The Hall–Kier alpha value is -2.03. The van der Waals surface area contributed by atoms with Gasteiger partial charge in [-0.25, -0.2) is 0 Å². The second-order valence-corrected chi connectivity index (χ2v) is 20.5. The van der Waals surface area contributed by atoms with Crippen molar-refractivity contribution >= 4 is 19.7 Å². The molecule has 10 heteroatoms. The molecule has 1 amide bonds. The van der Waals surface area contributed by atoms with Gasteiger partial charge in [-0.05, 0) is 51.0 Å². The van der Waals surface area contributed by atoms with Crippen molar-refractivity contribution in [3.8, 4) is 0 Å². The van der Waals surface area contributed by atoms with Gasteiger partial charge in [0.2, 0.25) is 5.91 Å². The van der Waals surface area contributed by atoms with Crippen molar-refractivity contribution in [3.05, 3.63) is 48.6 Å². The van der Waals surface area contributed by atoms with Crippen LogP contribution >= 0.6 is 7.82 Å². The third kappa shape index (κ3) is 45.1. The largest absolute Gasteiger partial charge is 0.756 e. The Kier molecular flexibility index (Phi) is 43.4. The SMILES string of the molecule is CC/C=C/C=C/C=C/CCCCCCCCCC(=O)NC(COP(=O)([O-])OCC[N+](C)(C)C)C(/C=C/CCCCCCCCCCCC)OC(=O)CCCCCCCCCCCCC. The summed E-state index contributed by atoms with van der Waals surface area (Å²) in [6.07, 6.45) is 52.1. The maximum absolute atomic E-state index is 13.4. The first-order valence-electron chi connectivity index (χ1n) is 26.5. The first kappa shape index (κ1) is 62.0. The summed E-state index contributed by atoms with van der Waals surface area (Å²) in [7, 11) is 1.18. The van der Waals surface area contributed by atoms with Gasteiger partial charge in [0.25, 0.3) is 7.82 Å². The molecular formula is C54H101N2O7P. The van der Waals surface area contributed by atoms with Gasteiger partial charge >= 0.3 is 5.97 Å². The van der Waals surface area contributed by atoms with Crippen LogP contribution < -0.4 is 10.2 Å². The van der Waals surface area contributed by atoms with Crippen LogP contribution in [0.15, 0.2) is 48.6 Å². The standard InChI is InChI=1S/C54H101N2O7P/c1-7-10-13-16-19-22-25-27-28-29-32-34-37-40-43-46-53(57)55-51(50-62-64(59,60)61-49-48-56(4,5)6)52(45-42-39-36-33-31-26-23-20-17-14-11-8-2)63-54(58)47-44-41-38-35-30-24-21-18-15-12-9-3/h10,13,16,19,22,25,42,45,51-52H,7-9,11-12,14-15,17-18,20-21,23-24,26-41,43-44,46-50H2,1-6H3,(H-,55,57,59,60)/b13-10+,19-16+,25-22+,45-42+. The van der Waals surface area contributed by atoms with Gasteiger partial charge in [0, 0.05) is 12.8 Å². The van der Waals surface area contributed by atoms with Gasteiger partial charge in [0.1, 0.15) is 19.3 Å². The molecule has 0 fully saturated rings. The predicted molar refractivity (Wildman–Crippen MR) is 270 cm³/mol. The molecule has 0 rings (SSSR count). The molecule has 0 aliphatic carbocycles. The molecule has 9 nitrogen and oxygen atoms in total. The number of carbonyl (C=O) groups is 2. The topological polar surface area (TPSA) is 114 Å². The van der Waals surface area contributed by atoms with Crippen molar-refractivity contribution in [1.82, 2.24) is 5.32 Å². The maximum atomic E-state index is 13.4. The molecule has 0 bridgehead atoms. The van der Waals surface area contributed by atoms with Crippen LogP contribution in [0.1, 0.15) is 233 Å². The Morgan fingerprint density at radius 2 is 1.00 bits per heavy atom. The first-order chi connectivity index (χ1) is 30.9. The molecule has 3 unspecified atom stereocenters. The highest BCUT2D eigenvalue weighted by Gasteiger charge is 2.27. The fraction of sp³-hybridized carbons (Fsp3) is 0.815. The Bertz CT molecular complexity index is 1240. The number of nitrogens with zero attached hydrogens (tertiary/aromatic N) is 1. The minimum Gasteiger partial charge on any atom is -0.756 e. The number of ether oxygens (including phenoxy) is 1. The summed E-state index contributed by atoms with van der Waals surface area (Å²) < 4.78 is 30.1. The first-order valence-corrected chi connectivity index (χ1v) is 27.9. The third-order valence-electron chi connectivity index (χ3n) is 11.6. The van der Waals surface area contributed by atoms with Crippen LogP contribution in [0.25, 0.3) is 0 Å². The molecule has 0 heterocycles. The van der Waals surface area contributed by atoms with Crippen LogP contribution in [-0.4, -0.2) is 69.4 Å². The second-order valence-electron chi connectivity index (χ2n) is 19.1. The van der Waals surface area contributed by atoms with E-state index in [0.717, 1.165) is 77.0 Å². The number of quaternary nitrogens is 1. The number of amides is 1. The van der Waals surface area contributed by atoms with E-state index in [1.165, 1.54) is 122 Å². The highest BCUT2D eigenvalue weighted by atomic mass is 31.2.